The topological polar surface area (TPSA) is 126 Å². The molecule has 2 aromatic rings. The zero-order chi connectivity index (χ0) is 25.5. The maximum absolute atomic E-state index is 13.0. The van der Waals surface area contributed by atoms with Crippen LogP contribution in [0.3, 0.4) is 0 Å². The van der Waals surface area contributed by atoms with E-state index in [9.17, 15) is 28.0 Å². The predicted molar refractivity (Wildman–Crippen MR) is 124 cm³/mol. The second-order valence-corrected chi connectivity index (χ2v) is 8.93. The molecule has 14 heteroatoms. The molecule has 3 rings (SSSR count). The molecular formula is C21H21ClF2N4O6S. The first-order valence-corrected chi connectivity index (χ1v) is 11.4. The Morgan fingerprint density at radius 1 is 1.26 bits per heavy atom. The van der Waals surface area contributed by atoms with E-state index in [4.69, 9.17) is 16.3 Å². The number of rotatable bonds is 9. The number of morpholine rings is 1. The van der Waals surface area contributed by atoms with Gasteiger partial charge in [-0.3, -0.25) is 19.2 Å². The van der Waals surface area contributed by atoms with Crippen molar-refractivity contribution in [2.24, 2.45) is 0 Å². The molecule has 1 aromatic carbocycles. The maximum atomic E-state index is 13.0. The number of ether oxygens (including phenoxy) is 2. The third-order valence-electron chi connectivity index (χ3n) is 4.69. The minimum Gasteiger partial charge on any atom is -0.433 e. The number of carbonyl (C=O) groups excluding carboxylic acids is 4. The van der Waals surface area contributed by atoms with Gasteiger partial charge in [0.25, 0.3) is 11.8 Å². The van der Waals surface area contributed by atoms with Crippen molar-refractivity contribution in [3.8, 4) is 5.75 Å². The Balaban J connectivity index is 1.76. The summed E-state index contributed by atoms with van der Waals surface area (Å²) >= 11 is 6.86. The summed E-state index contributed by atoms with van der Waals surface area (Å²) in [5.41, 5.74) is 0.165. The van der Waals surface area contributed by atoms with Crippen LogP contribution in [0.25, 0.3) is 0 Å². The van der Waals surface area contributed by atoms with Crippen LogP contribution in [0.4, 0.5) is 20.2 Å². The van der Waals surface area contributed by atoms with Crippen molar-refractivity contribution in [2.75, 3.05) is 36.5 Å². The van der Waals surface area contributed by atoms with Crippen LogP contribution >= 0.6 is 22.9 Å². The number of nitrogens with zero attached hydrogens (tertiary/aromatic N) is 1. The van der Waals surface area contributed by atoms with Gasteiger partial charge in [0.05, 0.1) is 21.5 Å². The van der Waals surface area contributed by atoms with Gasteiger partial charge in [0.2, 0.25) is 11.8 Å². The highest BCUT2D eigenvalue weighted by atomic mass is 35.5. The molecule has 0 radical (unpaired) electrons. The molecule has 1 saturated heterocycles. The summed E-state index contributed by atoms with van der Waals surface area (Å²) in [6, 6.07) is 5.76. The molecular weight excluding hydrogens is 510 g/mol. The second kappa shape index (κ2) is 11.9. The number of alkyl halides is 2. The third-order valence-corrected chi connectivity index (χ3v) is 5.92. The fraction of sp³-hybridized carbons (Fsp3) is 0.333. The monoisotopic (exact) mass is 530 g/mol. The summed E-state index contributed by atoms with van der Waals surface area (Å²) in [5, 5.41) is 7.34. The van der Waals surface area contributed by atoms with E-state index < -0.39 is 30.4 Å². The number of halogens is 3. The normalized spacial score (nSPS) is 14.4. The lowest BCUT2D eigenvalue weighted by Gasteiger charge is -2.27. The minimum absolute atomic E-state index is 0.119. The summed E-state index contributed by atoms with van der Waals surface area (Å²) in [7, 11) is 0. The van der Waals surface area contributed by atoms with E-state index in [0.717, 1.165) is 11.3 Å². The first-order chi connectivity index (χ1) is 16.6. The van der Waals surface area contributed by atoms with Crippen LogP contribution in [0, 0.1) is 0 Å². The summed E-state index contributed by atoms with van der Waals surface area (Å²) in [6.07, 6.45) is 0. The Hall–Kier alpha value is -3.29. The molecule has 1 aliphatic rings. The van der Waals surface area contributed by atoms with Crippen LogP contribution in [-0.2, 0) is 19.1 Å². The largest absolute Gasteiger partial charge is 0.433 e. The van der Waals surface area contributed by atoms with Gasteiger partial charge in [-0.1, -0.05) is 11.6 Å². The molecule has 10 nitrogen and oxygen atoms in total. The van der Waals surface area contributed by atoms with Crippen molar-refractivity contribution in [1.29, 1.82) is 0 Å². The molecule has 3 N–H and O–H groups in total. The Morgan fingerprint density at radius 2 is 2.03 bits per heavy atom. The number of amides is 4. The molecule has 0 aliphatic carbocycles. The Bertz CT molecular complexity index is 1120. The Kier molecular flexibility index (Phi) is 8.95. The van der Waals surface area contributed by atoms with E-state index in [2.05, 4.69) is 20.7 Å². The van der Waals surface area contributed by atoms with Gasteiger partial charge in [0, 0.05) is 31.8 Å². The van der Waals surface area contributed by atoms with Crippen LogP contribution in [0.1, 0.15) is 16.6 Å². The maximum Gasteiger partial charge on any atom is 0.387 e. The number of anilines is 2. The van der Waals surface area contributed by atoms with E-state index in [1.165, 1.54) is 42.2 Å². The molecule has 1 atom stereocenters. The van der Waals surface area contributed by atoms with Crippen molar-refractivity contribution in [2.45, 2.75) is 19.6 Å². The van der Waals surface area contributed by atoms with E-state index in [1.54, 1.807) is 0 Å². The summed E-state index contributed by atoms with van der Waals surface area (Å²) in [6.45, 7) is -1.96. The van der Waals surface area contributed by atoms with Crippen LogP contribution in [0.15, 0.2) is 30.3 Å². The molecule has 0 saturated carbocycles. The molecule has 0 spiro atoms. The molecule has 1 fully saturated rings. The lowest BCUT2D eigenvalue weighted by atomic mass is 10.2. The van der Waals surface area contributed by atoms with E-state index >= 15 is 0 Å². The Morgan fingerprint density at radius 3 is 2.66 bits per heavy atom. The highest BCUT2D eigenvalue weighted by molar-refractivity contribution is 7.18. The molecule has 188 valence electrons. The molecule has 2 heterocycles. The fourth-order valence-corrected chi connectivity index (χ4v) is 4.12. The minimum atomic E-state index is -3.20. The van der Waals surface area contributed by atoms with Crippen LogP contribution < -0.4 is 25.6 Å². The average Bonchev–Trinajstić information content (AvgIpc) is 3.23. The first-order valence-electron chi connectivity index (χ1n) is 10.2. The van der Waals surface area contributed by atoms with Gasteiger partial charge in [0.15, 0.2) is 5.75 Å². The van der Waals surface area contributed by atoms with E-state index in [1.807, 2.05) is 0 Å². The van der Waals surface area contributed by atoms with Gasteiger partial charge >= 0.3 is 6.61 Å². The van der Waals surface area contributed by atoms with Gasteiger partial charge < -0.3 is 30.3 Å². The predicted octanol–water partition coefficient (Wildman–Crippen LogP) is 2.24. The van der Waals surface area contributed by atoms with E-state index in [-0.39, 0.29) is 49.3 Å². The second-order valence-electron chi connectivity index (χ2n) is 7.21. The summed E-state index contributed by atoms with van der Waals surface area (Å²) in [5.74, 6) is -2.59. The van der Waals surface area contributed by atoms with E-state index in [0.29, 0.717) is 9.21 Å². The molecule has 0 bridgehead atoms. The molecule has 4 amide bonds. The van der Waals surface area contributed by atoms with Gasteiger partial charge in [-0.2, -0.15) is 8.78 Å². The van der Waals surface area contributed by atoms with Gasteiger partial charge in [0.1, 0.15) is 12.6 Å². The number of benzene rings is 1. The summed E-state index contributed by atoms with van der Waals surface area (Å²) < 4.78 is 36.1. The first kappa shape index (κ1) is 26.3. The molecule has 0 unspecified atom stereocenters. The van der Waals surface area contributed by atoms with Crippen molar-refractivity contribution < 1.29 is 37.4 Å². The highest BCUT2D eigenvalue weighted by Gasteiger charge is 2.25. The lowest BCUT2D eigenvalue weighted by Crippen LogP contribution is -2.50. The molecule has 1 aromatic heterocycles. The van der Waals surface area contributed by atoms with Crippen molar-refractivity contribution in [1.82, 2.24) is 10.6 Å². The van der Waals surface area contributed by atoms with Crippen molar-refractivity contribution in [3.63, 3.8) is 0 Å². The van der Waals surface area contributed by atoms with Crippen LogP contribution in [-0.4, -0.2) is 62.6 Å². The molecule has 35 heavy (non-hydrogen) atoms. The van der Waals surface area contributed by atoms with Crippen molar-refractivity contribution >= 4 is 57.9 Å². The number of hydrogen-bond donors (Lipinski definition) is 3. The SMILES string of the molecule is CC(=O)N[C@@H](CNC(=O)c1ccc(Cl)s1)C(=O)Nc1ccc(N2CCOCC2=O)cc1OC(F)F. The third kappa shape index (κ3) is 7.34. The number of nitrogens with one attached hydrogen (secondary N) is 3. The Labute approximate surface area is 207 Å². The van der Waals surface area contributed by atoms with Crippen molar-refractivity contribution in [3.05, 3.63) is 39.5 Å². The lowest BCUT2D eigenvalue weighted by molar-refractivity contribution is -0.125. The van der Waals surface area contributed by atoms with Gasteiger partial charge in [-0.25, -0.2) is 0 Å². The molecule has 1 aliphatic heterocycles. The quantitative estimate of drug-likeness (QED) is 0.456. The number of thiophene rings is 1. The fourth-order valence-electron chi connectivity index (χ4n) is 3.16. The summed E-state index contributed by atoms with van der Waals surface area (Å²) in [4.78, 5) is 50.5. The average molecular weight is 531 g/mol. The number of carbonyl (C=O) groups is 4. The number of hydrogen-bond acceptors (Lipinski definition) is 7. The van der Waals surface area contributed by atoms with Crippen LogP contribution in [0.5, 0.6) is 5.75 Å². The van der Waals surface area contributed by atoms with Crippen LogP contribution in [0.2, 0.25) is 4.34 Å². The standard InChI is InChI=1S/C21H21ClF2N4O6S/c1-11(29)26-14(9-25-20(32)16-4-5-17(22)35-16)19(31)27-13-3-2-12(8-15(13)34-21(23)24)28-6-7-33-10-18(28)30/h2-5,8,14,21H,6-7,9-10H2,1H3,(H,25,32)(H,26,29)(H,27,31)/t14-/m0/s1. The smallest absolute Gasteiger partial charge is 0.387 e. The van der Waals surface area contributed by atoms with Gasteiger partial charge in [-0.05, 0) is 24.3 Å². The highest BCUT2D eigenvalue weighted by Crippen LogP contribution is 2.32. The zero-order valence-corrected chi connectivity index (χ0v) is 19.9. The zero-order valence-electron chi connectivity index (χ0n) is 18.3. The van der Waals surface area contributed by atoms with Gasteiger partial charge in [-0.15, -0.1) is 11.3 Å².